The lowest BCUT2D eigenvalue weighted by Crippen LogP contribution is -2.09. The van der Waals surface area contributed by atoms with Gasteiger partial charge in [0.25, 0.3) is 0 Å². The van der Waals surface area contributed by atoms with E-state index in [4.69, 9.17) is 14.2 Å². The first-order valence-electron chi connectivity index (χ1n) is 11.5. The number of aromatic nitrogens is 2. The van der Waals surface area contributed by atoms with Gasteiger partial charge in [0.2, 0.25) is 11.8 Å². The predicted molar refractivity (Wildman–Crippen MR) is 134 cm³/mol. The van der Waals surface area contributed by atoms with Crippen molar-refractivity contribution in [3.63, 3.8) is 0 Å². The monoisotopic (exact) mass is 454 g/mol. The smallest absolute Gasteiger partial charge is 0.323 e. The van der Waals surface area contributed by atoms with Gasteiger partial charge >= 0.3 is 6.01 Å². The van der Waals surface area contributed by atoms with Crippen molar-refractivity contribution in [1.82, 2.24) is 9.97 Å². The van der Waals surface area contributed by atoms with Crippen LogP contribution in [0, 0.1) is 13.8 Å². The van der Waals surface area contributed by atoms with E-state index in [-0.39, 0.29) is 11.9 Å². The summed E-state index contributed by atoms with van der Waals surface area (Å²) in [5.74, 6) is 1.72. The Morgan fingerprint density at radius 1 is 0.676 bits per heavy atom. The van der Waals surface area contributed by atoms with Gasteiger partial charge in [-0.05, 0) is 54.2 Å². The van der Waals surface area contributed by atoms with Crippen LogP contribution in [-0.2, 0) is 13.2 Å². The highest BCUT2D eigenvalue weighted by atomic mass is 16.5. The maximum Gasteiger partial charge on any atom is 0.323 e. The molecule has 0 aliphatic carbocycles. The van der Waals surface area contributed by atoms with E-state index in [2.05, 4.69) is 29.9 Å². The molecule has 0 saturated carbocycles. The Kier molecular flexibility index (Phi) is 7.43. The lowest BCUT2D eigenvalue weighted by molar-refractivity contribution is 0.249. The van der Waals surface area contributed by atoms with Gasteiger partial charge in [-0.3, -0.25) is 0 Å². The van der Waals surface area contributed by atoms with Gasteiger partial charge in [0.1, 0.15) is 19.0 Å². The summed E-state index contributed by atoms with van der Waals surface area (Å²) < 4.78 is 18.5. The van der Waals surface area contributed by atoms with Gasteiger partial charge in [0, 0.05) is 0 Å². The summed E-state index contributed by atoms with van der Waals surface area (Å²) in [6.07, 6.45) is 0. The molecule has 4 rings (SSSR count). The molecule has 3 aromatic carbocycles. The van der Waals surface area contributed by atoms with Gasteiger partial charge in [-0.2, -0.15) is 9.97 Å². The molecule has 5 heteroatoms. The van der Waals surface area contributed by atoms with Gasteiger partial charge in [-0.1, -0.05) is 80.6 Å². The molecule has 0 aliphatic heterocycles. The van der Waals surface area contributed by atoms with Crippen molar-refractivity contribution in [1.29, 1.82) is 0 Å². The fraction of sp³-hybridized carbons (Fsp3) is 0.241. The van der Waals surface area contributed by atoms with E-state index in [1.54, 1.807) is 0 Å². The first-order valence-corrected chi connectivity index (χ1v) is 11.5. The van der Waals surface area contributed by atoms with Crippen LogP contribution in [0.2, 0.25) is 0 Å². The molecule has 1 aromatic heterocycles. The number of rotatable bonds is 9. The summed E-state index contributed by atoms with van der Waals surface area (Å²) in [7, 11) is 0. The van der Waals surface area contributed by atoms with Crippen molar-refractivity contribution >= 4 is 0 Å². The van der Waals surface area contributed by atoms with Crippen LogP contribution in [0.1, 0.15) is 47.6 Å². The largest absolute Gasteiger partial charge is 0.472 e. The van der Waals surface area contributed by atoms with Crippen LogP contribution in [0.5, 0.6) is 23.5 Å². The molecule has 0 fully saturated rings. The van der Waals surface area contributed by atoms with Crippen LogP contribution >= 0.6 is 0 Å². The summed E-state index contributed by atoms with van der Waals surface area (Å²) in [6.45, 7) is 8.99. The maximum absolute atomic E-state index is 6.31. The third kappa shape index (κ3) is 6.13. The molecule has 0 unspecified atom stereocenters. The highest BCUT2D eigenvalue weighted by molar-refractivity contribution is 5.43. The van der Waals surface area contributed by atoms with Gasteiger partial charge in [-0.25, -0.2) is 0 Å². The number of nitrogens with zero attached hydrogens (tertiary/aromatic N) is 2. The standard InChI is InChI=1S/C29H30N2O3/c1-20(2)26-27(32-18-23-11-7-5-8-12-23)30-29(33-19-24-13-9-6-10-14-24)31-28(26)34-25-16-21(3)15-22(4)17-25/h5-17,20H,18-19H2,1-4H3. The van der Waals surface area contributed by atoms with E-state index in [9.17, 15) is 0 Å². The second kappa shape index (κ2) is 10.8. The fourth-order valence-electron chi connectivity index (χ4n) is 3.71. The van der Waals surface area contributed by atoms with Crippen LogP contribution in [-0.4, -0.2) is 9.97 Å². The van der Waals surface area contributed by atoms with Crippen molar-refractivity contribution in [3.8, 4) is 23.5 Å². The molecule has 0 bridgehead atoms. The van der Waals surface area contributed by atoms with E-state index in [0.717, 1.165) is 33.6 Å². The fourth-order valence-corrected chi connectivity index (χ4v) is 3.71. The first-order chi connectivity index (χ1) is 16.5. The van der Waals surface area contributed by atoms with E-state index >= 15 is 0 Å². The van der Waals surface area contributed by atoms with Crippen molar-refractivity contribution in [2.75, 3.05) is 0 Å². The van der Waals surface area contributed by atoms with E-state index in [0.29, 0.717) is 25.0 Å². The molecular weight excluding hydrogens is 424 g/mol. The lowest BCUT2D eigenvalue weighted by atomic mass is 10.1. The molecule has 0 spiro atoms. The summed E-state index contributed by atoms with van der Waals surface area (Å²) in [5.41, 5.74) is 5.14. The predicted octanol–water partition coefficient (Wildman–Crippen LogP) is 7.17. The molecule has 34 heavy (non-hydrogen) atoms. The SMILES string of the molecule is Cc1cc(C)cc(Oc2nc(OCc3ccccc3)nc(OCc3ccccc3)c2C(C)C)c1. The maximum atomic E-state index is 6.31. The van der Waals surface area contributed by atoms with Crippen molar-refractivity contribution in [3.05, 3.63) is 107 Å². The molecule has 0 saturated heterocycles. The molecule has 1 heterocycles. The average Bonchev–Trinajstić information content (AvgIpc) is 2.82. The van der Waals surface area contributed by atoms with Crippen LogP contribution in [0.3, 0.4) is 0 Å². The Bertz CT molecular complexity index is 1200. The number of ether oxygens (including phenoxy) is 3. The minimum atomic E-state index is 0.0786. The zero-order chi connectivity index (χ0) is 23.9. The molecule has 0 N–H and O–H groups in total. The van der Waals surface area contributed by atoms with Gasteiger partial charge < -0.3 is 14.2 Å². The van der Waals surface area contributed by atoms with E-state index in [1.807, 2.05) is 86.6 Å². The Labute approximate surface area is 201 Å². The third-order valence-electron chi connectivity index (χ3n) is 5.27. The Balaban J connectivity index is 1.69. The average molecular weight is 455 g/mol. The summed E-state index contributed by atoms with van der Waals surface area (Å²) in [4.78, 5) is 9.27. The molecular formula is C29H30N2O3. The van der Waals surface area contributed by atoms with Crippen LogP contribution in [0.15, 0.2) is 78.9 Å². The number of hydrogen-bond acceptors (Lipinski definition) is 5. The Morgan fingerprint density at radius 2 is 1.21 bits per heavy atom. The van der Waals surface area contributed by atoms with Crippen LogP contribution in [0.4, 0.5) is 0 Å². The topological polar surface area (TPSA) is 53.5 Å². The van der Waals surface area contributed by atoms with Crippen LogP contribution in [0.25, 0.3) is 0 Å². The third-order valence-corrected chi connectivity index (χ3v) is 5.27. The number of hydrogen-bond donors (Lipinski definition) is 0. The second-order valence-electron chi connectivity index (χ2n) is 8.66. The highest BCUT2D eigenvalue weighted by Crippen LogP contribution is 2.37. The zero-order valence-electron chi connectivity index (χ0n) is 20.1. The molecule has 0 atom stereocenters. The van der Waals surface area contributed by atoms with E-state index < -0.39 is 0 Å². The quantitative estimate of drug-likeness (QED) is 0.268. The molecule has 174 valence electrons. The summed E-state index contributed by atoms with van der Waals surface area (Å²) in [5, 5.41) is 0. The number of benzene rings is 3. The summed E-state index contributed by atoms with van der Waals surface area (Å²) >= 11 is 0. The summed E-state index contributed by atoms with van der Waals surface area (Å²) in [6, 6.07) is 26.3. The minimum Gasteiger partial charge on any atom is -0.472 e. The van der Waals surface area contributed by atoms with Crippen molar-refractivity contribution < 1.29 is 14.2 Å². The van der Waals surface area contributed by atoms with Crippen molar-refractivity contribution in [2.45, 2.75) is 46.8 Å². The van der Waals surface area contributed by atoms with Crippen LogP contribution < -0.4 is 14.2 Å². The minimum absolute atomic E-state index is 0.0786. The van der Waals surface area contributed by atoms with Gasteiger partial charge in [-0.15, -0.1) is 0 Å². The Hall–Kier alpha value is -3.86. The molecule has 4 aromatic rings. The highest BCUT2D eigenvalue weighted by Gasteiger charge is 2.22. The second-order valence-corrected chi connectivity index (χ2v) is 8.66. The molecule has 0 aliphatic rings. The van der Waals surface area contributed by atoms with Crippen molar-refractivity contribution in [2.24, 2.45) is 0 Å². The lowest BCUT2D eigenvalue weighted by Gasteiger charge is -2.18. The molecule has 0 radical (unpaired) electrons. The van der Waals surface area contributed by atoms with Gasteiger partial charge in [0.15, 0.2) is 0 Å². The Morgan fingerprint density at radius 3 is 1.76 bits per heavy atom. The number of aryl methyl sites for hydroxylation is 2. The normalized spacial score (nSPS) is 10.9. The first kappa shape index (κ1) is 23.3. The molecule has 5 nitrogen and oxygen atoms in total. The molecule has 0 amide bonds. The zero-order valence-corrected chi connectivity index (χ0v) is 20.1. The van der Waals surface area contributed by atoms with Gasteiger partial charge in [0.05, 0.1) is 5.56 Å². The van der Waals surface area contributed by atoms with E-state index in [1.165, 1.54) is 0 Å².